The Balaban J connectivity index is 1.85. The fraction of sp³-hybridized carbons (Fsp3) is 0.692. The highest BCUT2D eigenvalue weighted by Gasteiger charge is 2.23. The molecule has 2 N–H and O–H groups in total. The number of nitrogens with one attached hydrogen (secondary N) is 2. The molecule has 5 heteroatoms. The van der Waals surface area contributed by atoms with Crippen molar-refractivity contribution in [2.45, 2.75) is 57.7 Å². The topological polar surface area (TPSA) is 67.0 Å². The Morgan fingerprint density at radius 3 is 2.94 bits per heavy atom. The van der Waals surface area contributed by atoms with Crippen LogP contribution in [0.1, 0.15) is 45.4 Å². The van der Waals surface area contributed by atoms with Gasteiger partial charge in [0.2, 0.25) is 0 Å². The number of carbonyl (C=O) groups excluding carboxylic acids is 1. The quantitative estimate of drug-likeness (QED) is 0.844. The molecular formula is C13H21N3O2. The number of H-pyrrole nitrogens is 1. The molecule has 1 aliphatic carbocycles. The largest absolute Gasteiger partial charge is 0.365 e. The summed E-state index contributed by atoms with van der Waals surface area (Å²) in [6.45, 7) is 1.97. The number of rotatable bonds is 5. The van der Waals surface area contributed by atoms with E-state index in [1.54, 1.807) is 12.4 Å². The van der Waals surface area contributed by atoms with Crippen molar-refractivity contribution in [1.82, 2.24) is 10.2 Å². The Labute approximate surface area is 107 Å². The Hall–Kier alpha value is -1.36. The van der Waals surface area contributed by atoms with Gasteiger partial charge in [-0.1, -0.05) is 26.2 Å². The number of anilines is 1. The van der Waals surface area contributed by atoms with Crippen LogP contribution in [0.15, 0.2) is 12.4 Å². The van der Waals surface area contributed by atoms with Crippen molar-refractivity contribution in [2.24, 2.45) is 0 Å². The van der Waals surface area contributed by atoms with Crippen LogP contribution in [-0.4, -0.2) is 28.3 Å². The van der Waals surface area contributed by atoms with Gasteiger partial charge in [0.1, 0.15) is 6.10 Å². The first-order valence-corrected chi connectivity index (χ1v) is 6.74. The highest BCUT2D eigenvalue weighted by atomic mass is 16.5. The lowest BCUT2D eigenvalue weighted by Gasteiger charge is -2.26. The lowest BCUT2D eigenvalue weighted by atomic mass is 9.97. The third-order valence-corrected chi connectivity index (χ3v) is 3.34. The van der Waals surface area contributed by atoms with Gasteiger partial charge in [0.25, 0.3) is 5.91 Å². The zero-order chi connectivity index (χ0) is 12.8. The first-order chi connectivity index (χ1) is 8.79. The number of ether oxygens (including phenoxy) is 1. The van der Waals surface area contributed by atoms with Crippen LogP contribution >= 0.6 is 0 Å². The summed E-state index contributed by atoms with van der Waals surface area (Å²) in [5, 5.41) is 9.27. The minimum atomic E-state index is -0.358. The van der Waals surface area contributed by atoms with E-state index in [9.17, 15) is 4.79 Å². The van der Waals surface area contributed by atoms with Crippen LogP contribution in [0.5, 0.6) is 0 Å². The molecule has 0 aliphatic heterocycles. The molecule has 1 saturated carbocycles. The van der Waals surface area contributed by atoms with Gasteiger partial charge in [0.15, 0.2) is 0 Å². The number of nitrogens with zero attached hydrogens (tertiary/aromatic N) is 1. The minimum Gasteiger partial charge on any atom is -0.365 e. The van der Waals surface area contributed by atoms with Crippen LogP contribution in [-0.2, 0) is 9.53 Å². The number of hydrogen-bond donors (Lipinski definition) is 2. The van der Waals surface area contributed by atoms with Crippen molar-refractivity contribution in [3.8, 4) is 0 Å². The van der Waals surface area contributed by atoms with Crippen molar-refractivity contribution in [2.75, 3.05) is 5.32 Å². The van der Waals surface area contributed by atoms with Gasteiger partial charge in [-0.15, -0.1) is 0 Å². The first kappa shape index (κ1) is 13.1. The molecule has 0 saturated heterocycles. The maximum atomic E-state index is 12.0. The number of aromatic nitrogens is 2. The van der Waals surface area contributed by atoms with Gasteiger partial charge in [-0.3, -0.25) is 9.89 Å². The summed E-state index contributed by atoms with van der Waals surface area (Å²) >= 11 is 0. The van der Waals surface area contributed by atoms with Crippen molar-refractivity contribution < 1.29 is 9.53 Å². The average molecular weight is 251 g/mol. The predicted octanol–water partition coefficient (Wildman–Crippen LogP) is 2.48. The monoisotopic (exact) mass is 251 g/mol. The van der Waals surface area contributed by atoms with E-state index in [-0.39, 0.29) is 18.1 Å². The second-order valence-corrected chi connectivity index (χ2v) is 4.77. The van der Waals surface area contributed by atoms with Crippen LogP contribution in [0.4, 0.5) is 5.69 Å². The zero-order valence-corrected chi connectivity index (χ0v) is 10.8. The maximum Gasteiger partial charge on any atom is 0.253 e. The standard InChI is InChI=1S/C13H21N3O2/c1-2-12(18-11-6-4-3-5-7-11)13(17)16-10-8-14-15-9-10/h8-9,11-12H,2-7H2,1H3,(H,14,15)(H,16,17)/t12-/m1/s1. The molecule has 0 aromatic carbocycles. The van der Waals surface area contributed by atoms with Crippen LogP contribution in [0, 0.1) is 0 Å². The van der Waals surface area contributed by atoms with Gasteiger partial charge in [0.05, 0.1) is 18.0 Å². The lowest BCUT2D eigenvalue weighted by Crippen LogP contribution is -2.34. The van der Waals surface area contributed by atoms with E-state index in [4.69, 9.17) is 4.74 Å². The fourth-order valence-electron chi connectivity index (χ4n) is 2.32. The smallest absolute Gasteiger partial charge is 0.253 e. The van der Waals surface area contributed by atoms with Crippen molar-refractivity contribution in [3.05, 3.63) is 12.4 Å². The summed E-state index contributed by atoms with van der Waals surface area (Å²) < 4.78 is 5.91. The van der Waals surface area contributed by atoms with E-state index in [2.05, 4.69) is 15.5 Å². The van der Waals surface area contributed by atoms with E-state index < -0.39 is 0 Å². The Morgan fingerprint density at radius 2 is 2.33 bits per heavy atom. The van der Waals surface area contributed by atoms with Crippen LogP contribution in [0.2, 0.25) is 0 Å². The highest BCUT2D eigenvalue weighted by molar-refractivity contribution is 5.93. The van der Waals surface area contributed by atoms with Crippen LogP contribution in [0.25, 0.3) is 0 Å². The van der Waals surface area contributed by atoms with Crippen LogP contribution in [0.3, 0.4) is 0 Å². The van der Waals surface area contributed by atoms with Crippen molar-refractivity contribution >= 4 is 11.6 Å². The van der Waals surface area contributed by atoms with Crippen LogP contribution < -0.4 is 5.32 Å². The average Bonchev–Trinajstić information content (AvgIpc) is 2.90. The third kappa shape index (κ3) is 3.57. The Bertz CT molecular complexity index is 358. The van der Waals surface area contributed by atoms with Gasteiger partial charge < -0.3 is 10.1 Å². The molecule has 0 radical (unpaired) electrons. The summed E-state index contributed by atoms with van der Waals surface area (Å²) in [7, 11) is 0. The van der Waals surface area contributed by atoms with E-state index in [1.165, 1.54) is 19.3 Å². The molecule has 100 valence electrons. The molecule has 1 atom stereocenters. The molecule has 1 amide bonds. The molecule has 2 rings (SSSR count). The first-order valence-electron chi connectivity index (χ1n) is 6.74. The summed E-state index contributed by atoms with van der Waals surface area (Å²) in [5.41, 5.74) is 0.686. The fourth-order valence-corrected chi connectivity index (χ4v) is 2.32. The van der Waals surface area contributed by atoms with E-state index >= 15 is 0 Å². The molecule has 18 heavy (non-hydrogen) atoms. The van der Waals surface area contributed by atoms with Crippen molar-refractivity contribution in [1.29, 1.82) is 0 Å². The second-order valence-electron chi connectivity index (χ2n) is 4.77. The lowest BCUT2D eigenvalue weighted by molar-refractivity contribution is -0.132. The van der Waals surface area contributed by atoms with E-state index in [0.717, 1.165) is 12.8 Å². The zero-order valence-electron chi connectivity index (χ0n) is 10.8. The molecule has 1 aromatic heterocycles. The number of hydrogen-bond acceptors (Lipinski definition) is 3. The molecule has 1 aromatic rings. The van der Waals surface area contributed by atoms with Crippen molar-refractivity contribution in [3.63, 3.8) is 0 Å². The molecule has 0 bridgehead atoms. The van der Waals surface area contributed by atoms with E-state index in [1.807, 2.05) is 6.92 Å². The van der Waals surface area contributed by atoms with E-state index in [0.29, 0.717) is 12.1 Å². The Morgan fingerprint density at radius 1 is 1.56 bits per heavy atom. The third-order valence-electron chi connectivity index (χ3n) is 3.34. The summed E-state index contributed by atoms with van der Waals surface area (Å²) in [6, 6.07) is 0. The SMILES string of the molecule is CC[C@@H](OC1CCCCC1)C(=O)Nc1cn[nH]c1. The summed E-state index contributed by atoms with van der Waals surface area (Å²) in [4.78, 5) is 12.0. The Kier molecular flexibility index (Phi) is 4.75. The summed E-state index contributed by atoms with van der Waals surface area (Å²) in [6.07, 6.45) is 9.70. The maximum absolute atomic E-state index is 12.0. The molecule has 0 unspecified atom stereocenters. The number of carbonyl (C=O) groups is 1. The van der Waals surface area contributed by atoms with Gasteiger partial charge in [-0.25, -0.2) is 0 Å². The van der Waals surface area contributed by atoms with Gasteiger partial charge >= 0.3 is 0 Å². The molecule has 1 aliphatic rings. The predicted molar refractivity (Wildman–Crippen MR) is 69.3 cm³/mol. The molecule has 5 nitrogen and oxygen atoms in total. The second kappa shape index (κ2) is 6.54. The minimum absolute atomic E-state index is 0.0792. The van der Waals surface area contributed by atoms with Gasteiger partial charge in [0, 0.05) is 6.20 Å². The summed E-state index contributed by atoms with van der Waals surface area (Å²) in [5.74, 6) is -0.0792. The number of amides is 1. The van der Waals surface area contributed by atoms with Gasteiger partial charge in [-0.2, -0.15) is 5.10 Å². The molecule has 1 heterocycles. The normalized spacial score (nSPS) is 18.5. The molecule has 1 fully saturated rings. The number of aromatic amines is 1. The molecule has 0 spiro atoms. The molecular weight excluding hydrogens is 230 g/mol. The van der Waals surface area contributed by atoms with Gasteiger partial charge in [-0.05, 0) is 19.3 Å². The highest BCUT2D eigenvalue weighted by Crippen LogP contribution is 2.22.